The topological polar surface area (TPSA) is 24.1 Å². The molecule has 0 radical (unpaired) electrons. The average Bonchev–Trinajstić information content (AvgIpc) is 3.02. The van der Waals surface area contributed by atoms with Crippen LogP contribution in [0.4, 0.5) is 0 Å². The molecule has 1 aliphatic heterocycles. The number of hydrogen-bond donors (Lipinski definition) is 2. The highest BCUT2D eigenvalue weighted by Gasteiger charge is 2.33. The molecular formula is C18H27BrN2. The smallest absolute Gasteiger partial charge is 0.0305 e. The van der Waals surface area contributed by atoms with E-state index in [0.29, 0.717) is 12.1 Å². The van der Waals surface area contributed by atoms with Crippen LogP contribution in [0.15, 0.2) is 28.7 Å². The Morgan fingerprint density at radius 1 is 1.14 bits per heavy atom. The predicted octanol–water partition coefficient (Wildman–Crippen LogP) is 4.41. The Morgan fingerprint density at radius 3 is 2.71 bits per heavy atom. The van der Waals surface area contributed by atoms with Gasteiger partial charge in [-0.1, -0.05) is 47.0 Å². The van der Waals surface area contributed by atoms with Gasteiger partial charge >= 0.3 is 0 Å². The van der Waals surface area contributed by atoms with Gasteiger partial charge in [-0.2, -0.15) is 0 Å². The average molecular weight is 351 g/mol. The molecular weight excluding hydrogens is 324 g/mol. The molecule has 1 aromatic rings. The maximum Gasteiger partial charge on any atom is 0.0305 e. The highest BCUT2D eigenvalue weighted by atomic mass is 79.9. The molecule has 1 saturated carbocycles. The molecule has 3 heteroatoms. The molecule has 21 heavy (non-hydrogen) atoms. The van der Waals surface area contributed by atoms with E-state index in [9.17, 15) is 0 Å². The summed E-state index contributed by atoms with van der Waals surface area (Å²) in [6.07, 6.45) is 8.23. The van der Waals surface area contributed by atoms with Crippen LogP contribution in [0.2, 0.25) is 0 Å². The third-order valence-electron chi connectivity index (χ3n) is 5.27. The molecule has 2 aliphatic rings. The maximum atomic E-state index is 3.93. The van der Waals surface area contributed by atoms with E-state index in [1.165, 1.54) is 55.1 Å². The fraction of sp³-hybridized carbons (Fsp3) is 0.667. The third-order valence-corrected chi connectivity index (χ3v) is 5.99. The van der Waals surface area contributed by atoms with E-state index in [4.69, 9.17) is 0 Å². The van der Waals surface area contributed by atoms with Crippen molar-refractivity contribution in [2.75, 3.05) is 6.54 Å². The summed E-state index contributed by atoms with van der Waals surface area (Å²) in [7, 11) is 0. The summed E-state index contributed by atoms with van der Waals surface area (Å²) in [6, 6.07) is 10.4. The van der Waals surface area contributed by atoms with Gasteiger partial charge in [0.25, 0.3) is 0 Å². The fourth-order valence-corrected chi connectivity index (χ4v) is 4.79. The van der Waals surface area contributed by atoms with Crippen LogP contribution in [0.3, 0.4) is 0 Å². The maximum absolute atomic E-state index is 3.93. The van der Waals surface area contributed by atoms with Crippen LogP contribution in [0.25, 0.3) is 0 Å². The summed E-state index contributed by atoms with van der Waals surface area (Å²) in [5.41, 5.74) is 1.38. The molecule has 1 aliphatic carbocycles. The zero-order chi connectivity index (χ0) is 14.7. The van der Waals surface area contributed by atoms with Gasteiger partial charge in [-0.05, 0) is 56.7 Å². The summed E-state index contributed by atoms with van der Waals surface area (Å²) in [6.45, 7) is 3.52. The molecule has 1 heterocycles. The van der Waals surface area contributed by atoms with E-state index < -0.39 is 0 Å². The van der Waals surface area contributed by atoms with Crippen LogP contribution < -0.4 is 10.6 Å². The van der Waals surface area contributed by atoms with E-state index in [1.54, 1.807) is 0 Å². The molecule has 0 spiro atoms. The van der Waals surface area contributed by atoms with Crippen molar-refractivity contribution < 1.29 is 0 Å². The quantitative estimate of drug-likeness (QED) is 0.840. The summed E-state index contributed by atoms with van der Waals surface area (Å²) in [5.74, 6) is 0.811. The number of hydrogen-bond acceptors (Lipinski definition) is 2. The molecule has 2 N–H and O–H groups in total. The molecule has 0 aromatic heterocycles. The van der Waals surface area contributed by atoms with Crippen LogP contribution in [0, 0.1) is 5.92 Å². The normalized spacial score (nSPS) is 31.2. The summed E-state index contributed by atoms with van der Waals surface area (Å²) in [4.78, 5) is 0. The van der Waals surface area contributed by atoms with Crippen molar-refractivity contribution in [2.45, 2.75) is 63.6 Å². The second-order valence-corrected chi connectivity index (χ2v) is 7.52. The van der Waals surface area contributed by atoms with Crippen molar-refractivity contribution in [3.05, 3.63) is 34.3 Å². The number of benzene rings is 1. The lowest BCUT2D eigenvalue weighted by molar-refractivity contribution is 0.203. The van der Waals surface area contributed by atoms with Crippen molar-refractivity contribution >= 4 is 15.9 Å². The molecule has 3 rings (SSSR count). The molecule has 2 fully saturated rings. The first-order valence-corrected chi connectivity index (χ1v) is 9.29. The Morgan fingerprint density at radius 2 is 1.95 bits per heavy atom. The first-order valence-electron chi connectivity index (χ1n) is 8.49. The fourth-order valence-electron chi connectivity index (χ4n) is 4.16. The third kappa shape index (κ3) is 3.69. The van der Waals surface area contributed by atoms with E-state index in [2.05, 4.69) is 57.8 Å². The van der Waals surface area contributed by atoms with Gasteiger partial charge in [0.1, 0.15) is 0 Å². The first-order chi connectivity index (χ1) is 10.3. The zero-order valence-electron chi connectivity index (χ0n) is 12.9. The zero-order valence-corrected chi connectivity index (χ0v) is 14.5. The number of rotatable bonds is 4. The minimum atomic E-state index is 0.410. The minimum absolute atomic E-state index is 0.410. The van der Waals surface area contributed by atoms with Gasteiger partial charge in [-0.3, -0.25) is 0 Å². The van der Waals surface area contributed by atoms with Gasteiger partial charge in [-0.25, -0.2) is 0 Å². The molecule has 0 bridgehead atoms. The van der Waals surface area contributed by atoms with Gasteiger partial charge in [0, 0.05) is 22.6 Å². The van der Waals surface area contributed by atoms with Gasteiger partial charge < -0.3 is 10.6 Å². The van der Waals surface area contributed by atoms with E-state index in [-0.39, 0.29) is 0 Å². The number of halogens is 1. The minimum Gasteiger partial charge on any atom is -0.314 e. The lowest BCUT2D eigenvalue weighted by Gasteiger charge is -2.38. The van der Waals surface area contributed by atoms with Crippen LogP contribution in [0.5, 0.6) is 0 Å². The molecule has 3 unspecified atom stereocenters. The summed E-state index contributed by atoms with van der Waals surface area (Å²) < 4.78 is 1.22. The van der Waals surface area contributed by atoms with Gasteiger partial charge in [-0.15, -0.1) is 0 Å². The molecule has 1 aromatic carbocycles. The Balaban J connectivity index is 1.68. The lowest BCUT2D eigenvalue weighted by atomic mass is 9.79. The monoisotopic (exact) mass is 350 g/mol. The van der Waals surface area contributed by atoms with Crippen molar-refractivity contribution in [1.82, 2.24) is 10.6 Å². The van der Waals surface area contributed by atoms with E-state index in [1.807, 2.05) is 0 Å². The predicted molar refractivity (Wildman–Crippen MR) is 92.5 cm³/mol. The Bertz CT molecular complexity index is 456. The second-order valence-electron chi connectivity index (χ2n) is 6.67. The van der Waals surface area contributed by atoms with Gasteiger partial charge in [0.2, 0.25) is 0 Å². The molecule has 2 nitrogen and oxygen atoms in total. The highest BCUT2D eigenvalue weighted by molar-refractivity contribution is 9.10. The van der Waals surface area contributed by atoms with Crippen LogP contribution in [0.1, 0.15) is 57.1 Å². The molecule has 116 valence electrons. The Kier molecular flexibility index (Phi) is 5.36. The standard InChI is InChI=1S/C18H27BrN2/c1-13(14-7-2-4-9-16(14)19)21-18-10-5-3-8-15(18)17-11-6-12-20-17/h2,4,7,9,13,15,17-18,20-21H,3,5-6,8,10-12H2,1H3/t13-,15?,17?,18?/m1/s1. The van der Waals surface area contributed by atoms with Crippen LogP contribution in [-0.2, 0) is 0 Å². The van der Waals surface area contributed by atoms with Crippen molar-refractivity contribution in [3.8, 4) is 0 Å². The van der Waals surface area contributed by atoms with E-state index in [0.717, 1.165) is 12.0 Å². The lowest BCUT2D eigenvalue weighted by Crippen LogP contribution is -2.47. The van der Waals surface area contributed by atoms with E-state index >= 15 is 0 Å². The molecule has 0 amide bonds. The van der Waals surface area contributed by atoms with Crippen molar-refractivity contribution in [1.29, 1.82) is 0 Å². The Hall–Kier alpha value is -0.380. The van der Waals surface area contributed by atoms with Crippen molar-refractivity contribution in [2.24, 2.45) is 5.92 Å². The summed E-state index contributed by atoms with van der Waals surface area (Å²) in [5, 5.41) is 7.66. The molecule has 1 saturated heterocycles. The SMILES string of the molecule is C[C@@H](NC1CCCCC1C1CCCN1)c1ccccc1Br. The molecule has 4 atom stereocenters. The van der Waals surface area contributed by atoms with Crippen LogP contribution in [-0.4, -0.2) is 18.6 Å². The first kappa shape index (κ1) is 15.5. The summed E-state index contributed by atoms with van der Waals surface area (Å²) >= 11 is 3.69. The Labute approximate surface area is 137 Å². The number of nitrogens with one attached hydrogen (secondary N) is 2. The largest absolute Gasteiger partial charge is 0.314 e. The van der Waals surface area contributed by atoms with Crippen LogP contribution >= 0.6 is 15.9 Å². The second kappa shape index (κ2) is 7.26. The highest BCUT2D eigenvalue weighted by Crippen LogP contribution is 2.33. The van der Waals surface area contributed by atoms with Gasteiger partial charge in [0.05, 0.1) is 0 Å². The van der Waals surface area contributed by atoms with Gasteiger partial charge in [0.15, 0.2) is 0 Å². The van der Waals surface area contributed by atoms with Crippen molar-refractivity contribution in [3.63, 3.8) is 0 Å².